The van der Waals surface area contributed by atoms with Gasteiger partial charge in [0.15, 0.2) is 5.69 Å². The molecule has 0 saturated carbocycles. The van der Waals surface area contributed by atoms with E-state index in [0.717, 1.165) is 11.5 Å². The van der Waals surface area contributed by atoms with Crippen LogP contribution in [0.4, 0.5) is 5.82 Å². The van der Waals surface area contributed by atoms with E-state index in [0.29, 0.717) is 18.8 Å². The van der Waals surface area contributed by atoms with Gasteiger partial charge in [-0.2, -0.15) is 0 Å². The van der Waals surface area contributed by atoms with Crippen LogP contribution in [0, 0.1) is 0 Å². The fraction of sp³-hybridized carbons (Fsp3) is 0.333. The summed E-state index contributed by atoms with van der Waals surface area (Å²) in [6.07, 6.45) is 3.78. The van der Waals surface area contributed by atoms with Crippen LogP contribution in [0.2, 0.25) is 0 Å². The number of esters is 1. The zero-order chi connectivity index (χ0) is 13.8. The molecule has 0 fully saturated rings. The predicted octanol–water partition coefficient (Wildman–Crippen LogP) is 0.653. The molecule has 2 aromatic rings. The highest BCUT2D eigenvalue weighted by Gasteiger charge is 2.20. The van der Waals surface area contributed by atoms with E-state index in [2.05, 4.69) is 19.7 Å². The molecule has 7 heteroatoms. The van der Waals surface area contributed by atoms with Crippen LogP contribution < -0.4 is 5.73 Å². The Hall–Kier alpha value is -2.44. The van der Waals surface area contributed by atoms with Crippen molar-refractivity contribution in [3.63, 3.8) is 0 Å². The number of ether oxygens (including phenoxy) is 1. The number of hydrogen-bond donors (Lipinski definition) is 1. The molecule has 0 bridgehead atoms. The molecule has 0 aromatic carbocycles. The average Bonchev–Trinajstić information content (AvgIpc) is 2.76. The number of nitrogen functional groups attached to an aromatic ring is 1. The van der Waals surface area contributed by atoms with Crippen LogP contribution in [-0.2, 0) is 17.7 Å². The number of imidazole rings is 1. The molecule has 7 nitrogen and oxygen atoms in total. The van der Waals surface area contributed by atoms with Crippen molar-refractivity contribution < 1.29 is 9.53 Å². The maximum atomic E-state index is 11.6. The number of aromatic nitrogens is 4. The van der Waals surface area contributed by atoms with Gasteiger partial charge in [0.1, 0.15) is 18.0 Å². The Labute approximate surface area is 110 Å². The van der Waals surface area contributed by atoms with Gasteiger partial charge in [-0.1, -0.05) is 6.92 Å². The minimum Gasteiger partial charge on any atom is -0.464 e. The smallest absolute Gasteiger partial charge is 0.360 e. The summed E-state index contributed by atoms with van der Waals surface area (Å²) < 4.78 is 6.42. The van der Waals surface area contributed by atoms with Gasteiger partial charge in [-0.3, -0.25) is 0 Å². The van der Waals surface area contributed by atoms with Crippen LogP contribution in [-0.4, -0.2) is 32.6 Å². The first-order valence-electron chi connectivity index (χ1n) is 5.85. The second-order valence-electron chi connectivity index (χ2n) is 3.89. The van der Waals surface area contributed by atoms with Crippen molar-refractivity contribution in [3.05, 3.63) is 35.8 Å². The Morgan fingerprint density at radius 2 is 2.32 bits per heavy atom. The van der Waals surface area contributed by atoms with Gasteiger partial charge in [0.2, 0.25) is 0 Å². The van der Waals surface area contributed by atoms with E-state index in [1.54, 1.807) is 16.8 Å². The van der Waals surface area contributed by atoms with E-state index in [4.69, 9.17) is 5.73 Å². The molecule has 0 unspecified atom stereocenters. The Bertz CT molecular complexity index is 579. The SMILES string of the molecule is CCc1nc(C(=O)OC)c(N)n1Cc1ccncn1. The summed E-state index contributed by atoms with van der Waals surface area (Å²) in [5.41, 5.74) is 6.90. The number of carbonyl (C=O) groups excluding carboxylic acids is 1. The monoisotopic (exact) mass is 261 g/mol. The van der Waals surface area contributed by atoms with Gasteiger partial charge in [-0.05, 0) is 6.07 Å². The summed E-state index contributed by atoms with van der Waals surface area (Å²) in [6.45, 7) is 2.39. The summed E-state index contributed by atoms with van der Waals surface area (Å²) in [4.78, 5) is 23.8. The average molecular weight is 261 g/mol. The standard InChI is InChI=1S/C12H15N5O2/c1-3-9-16-10(12(18)19-2)11(13)17(9)6-8-4-5-14-7-15-8/h4-5,7H,3,6,13H2,1-2H3. The lowest BCUT2D eigenvalue weighted by Crippen LogP contribution is -2.11. The summed E-state index contributed by atoms with van der Waals surface area (Å²) in [5, 5.41) is 0. The van der Waals surface area contributed by atoms with Crippen LogP contribution in [0.5, 0.6) is 0 Å². The normalized spacial score (nSPS) is 10.4. The molecular weight excluding hydrogens is 246 g/mol. The van der Waals surface area contributed by atoms with Crippen LogP contribution in [0.15, 0.2) is 18.6 Å². The van der Waals surface area contributed by atoms with Gasteiger partial charge in [-0.15, -0.1) is 0 Å². The fourth-order valence-corrected chi connectivity index (χ4v) is 1.78. The fourth-order valence-electron chi connectivity index (χ4n) is 1.78. The van der Waals surface area contributed by atoms with Crippen LogP contribution in [0.1, 0.15) is 28.9 Å². The van der Waals surface area contributed by atoms with Crippen molar-refractivity contribution in [1.82, 2.24) is 19.5 Å². The number of rotatable bonds is 4. The number of nitrogens with zero attached hydrogens (tertiary/aromatic N) is 4. The first-order chi connectivity index (χ1) is 9.17. The number of anilines is 1. The molecule has 0 aliphatic rings. The van der Waals surface area contributed by atoms with E-state index in [-0.39, 0.29) is 5.69 Å². The number of methoxy groups -OCH3 is 1. The minimum absolute atomic E-state index is 0.147. The predicted molar refractivity (Wildman–Crippen MR) is 68.5 cm³/mol. The van der Waals surface area contributed by atoms with Gasteiger partial charge in [0, 0.05) is 12.6 Å². The number of nitrogens with two attached hydrogens (primary N) is 1. The Balaban J connectivity index is 2.39. The third-order valence-corrected chi connectivity index (χ3v) is 2.74. The number of hydrogen-bond acceptors (Lipinski definition) is 6. The maximum Gasteiger partial charge on any atom is 0.360 e. The van der Waals surface area contributed by atoms with Crippen LogP contribution >= 0.6 is 0 Å². The minimum atomic E-state index is -0.534. The topological polar surface area (TPSA) is 95.9 Å². The molecule has 0 aliphatic heterocycles. The molecule has 0 radical (unpaired) electrons. The molecule has 0 atom stereocenters. The largest absolute Gasteiger partial charge is 0.464 e. The summed E-state index contributed by atoms with van der Waals surface area (Å²) in [7, 11) is 1.30. The molecular formula is C12H15N5O2. The highest BCUT2D eigenvalue weighted by Crippen LogP contribution is 2.17. The maximum absolute atomic E-state index is 11.6. The van der Waals surface area contributed by atoms with Crippen molar-refractivity contribution in [2.45, 2.75) is 19.9 Å². The molecule has 0 saturated heterocycles. The van der Waals surface area contributed by atoms with E-state index in [9.17, 15) is 4.79 Å². The zero-order valence-corrected chi connectivity index (χ0v) is 10.8. The Morgan fingerprint density at radius 1 is 1.53 bits per heavy atom. The molecule has 2 N–H and O–H groups in total. The molecule has 2 heterocycles. The second-order valence-corrected chi connectivity index (χ2v) is 3.89. The molecule has 19 heavy (non-hydrogen) atoms. The van der Waals surface area contributed by atoms with Crippen LogP contribution in [0.3, 0.4) is 0 Å². The van der Waals surface area contributed by atoms with Crippen molar-refractivity contribution in [2.24, 2.45) is 0 Å². The first kappa shape index (κ1) is 13.0. The molecule has 100 valence electrons. The van der Waals surface area contributed by atoms with E-state index in [1.807, 2.05) is 6.92 Å². The Kier molecular flexibility index (Phi) is 3.74. The summed E-state index contributed by atoms with van der Waals surface area (Å²) in [6, 6.07) is 1.79. The zero-order valence-electron chi connectivity index (χ0n) is 10.8. The van der Waals surface area contributed by atoms with E-state index in [1.165, 1.54) is 13.4 Å². The number of carbonyl (C=O) groups is 1. The molecule has 2 aromatic heterocycles. The lowest BCUT2D eigenvalue weighted by molar-refractivity contribution is 0.0595. The van der Waals surface area contributed by atoms with E-state index < -0.39 is 5.97 Å². The Morgan fingerprint density at radius 3 is 2.89 bits per heavy atom. The highest BCUT2D eigenvalue weighted by molar-refractivity contribution is 5.92. The second kappa shape index (κ2) is 5.47. The summed E-state index contributed by atoms with van der Waals surface area (Å²) in [5.74, 6) is 0.479. The van der Waals surface area contributed by atoms with Crippen molar-refractivity contribution in [1.29, 1.82) is 0 Å². The van der Waals surface area contributed by atoms with Crippen molar-refractivity contribution in [2.75, 3.05) is 12.8 Å². The quantitative estimate of drug-likeness (QED) is 0.812. The third-order valence-electron chi connectivity index (χ3n) is 2.74. The lowest BCUT2D eigenvalue weighted by Gasteiger charge is -2.07. The highest BCUT2D eigenvalue weighted by atomic mass is 16.5. The molecule has 0 spiro atoms. The third kappa shape index (κ3) is 2.54. The van der Waals surface area contributed by atoms with Crippen molar-refractivity contribution in [3.8, 4) is 0 Å². The van der Waals surface area contributed by atoms with Crippen LogP contribution in [0.25, 0.3) is 0 Å². The van der Waals surface area contributed by atoms with Gasteiger partial charge in [-0.25, -0.2) is 19.7 Å². The molecule has 0 aliphatic carbocycles. The first-order valence-corrected chi connectivity index (χ1v) is 5.85. The van der Waals surface area contributed by atoms with Crippen molar-refractivity contribution >= 4 is 11.8 Å². The number of aryl methyl sites for hydroxylation is 1. The van der Waals surface area contributed by atoms with Gasteiger partial charge in [0.25, 0.3) is 0 Å². The van der Waals surface area contributed by atoms with Gasteiger partial charge < -0.3 is 15.0 Å². The molecule has 0 amide bonds. The van der Waals surface area contributed by atoms with Gasteiger partial charge in [0.05, 0.1) is 19.3 Å². The lowest BCUT2D eigenvalue weighted by atomic mass is 10.3. The summed E-state index contributed by atoms with van der Waals surface area (Å²) >= 11 is 0. The van der Waals surface area contributed by atoms with Gasteiger partial charge >= 0.3 is 5.97 Å². The van der Waals surface area contributed by atoms with E-state index >= 15 is 0 Å². The molecule has 2 rings (SSSR count).